The van der Waals surface area contributed by atoms with Crippen molar-refractivity contribution in [2.45, 2.75) is 13.1 Å². The summed E-state index contributed by atoms with van der Waals surface area (Å²) in [7, 11) is -2.01. The van der Waals surface area contributed by atoms with Crippen LogP contribution in [0.5, 0.6) is 0 Å². The van der Waals surface area contributed by atoms with E-state index in [0.29, 0.717) is 5.70 Å². The predicted octanol–water partition coefficient (Wildman–Crippen LogP) is 25.5. The summed E-state index contributed by atoms with van der Waals surface area (Å²) in [5, 5.41) is 3.05. The molecule has 1 aliphatic heterocycles. The summed E-state index contributed by atoms with van der Waals surface area (Å²) in [6.07, 6.45) is 2.24. The van der Waals surface area contributed by atoms with Gasteiger partial charge in [-0.1, -0.05) is 438 Å². The van der Waals surface area contributed by atoms with Gasteiger partial charge in [0.05, 0.1) is 6.57 Å². The van der Waals surface area contributed by atoms with E-state index in [9.17, 15) is 0 Å². The molecule has 15 rings (SSSR count). The Balaban J connectivity index is 0.000000127. The topological polar surface area (TPSA) is 4.36 Å². The Kier molecular flexibility index (Phi) is 22.7. The molecule has 474 valence electrons. The van der Waals surface area contributed by atoms with Crippen molar-refractivity contribution in [1.82, 2.24) is 0 Å². The highest BCUT2D eigenvalue weighted by Gasteiger charge is 2.43. The van der Waals surface area contributed by atoms with Gasteiger partial charge in [-0.2, -0.15) is 0 Å². The van der Waals surface area contributed by atoms with Gasteiger partial charge in [-0.15, -0.1) is 0 Å². The van der Waals surface area contributed by atoms with Gasteiger partial charge < -0.3 is 0 Å². The Morgan fingerprint density at radius 3 is 0.687 bits per heavy atom. The van der Waals surface area contributed by atoms with Crippen LogP contribution >= 0.6 is 0 Å². The molecule has 0 atom stereocenters. The first-order chi connectivity index (χ1) is 48.9. The van der Waals surface area contributed by atoms with Crippen molar-refractivity contribution >= 4 is 63.7 Å². The summed E-state index contributed by atoms with van der Waals surface area (Å²) in [5.41, 5.74) is 25.1. The van der Waals surface area contributed by atoms with Crippen LogP contribution in [0.15, 0.2) is 425 Å². The second-order valence-electron chi connectivity index (χ2n) is 24.4. The molecule has 14 aromatic carbocycles. The van der Waals surface area contributed by atoms with Crippen LogP contribution in [0.2, 0.25) is 13.1 Å². The molecular weight excluding hydrogens is 1210 g/mol. The third-order valence-corrected chi connectivity index (χ3v) is 21.1. The Morgan fingerprint density at radius 2 is 0.434 bits per heavy atom. The summed E-state index contributed by atoms with van der Waals surface area (Å²) in [6, 6.07) is 148. The van der Waals surface area contributed by atoms with Gasteiger partial charge in [0.1, 0.15) is 8.07 Å². The normalized spacial score (nSPS) is 11.7. The van der Waals surface area contributed by atoms with Crippen molar-refractivity contribution in [2.24, 2.45) is 0 Å². The van der Waals surface area contributed by atoms with E-state index in [4.69, 9.17) is 6.57 Å². The van der Waals surface area contributed by atoms with E-state index in [1.807, 2.05) is 72.8 Å². The molecule has 0 radical (unpaired) electrons. The van der Waals surface area contributed by atoms with Crippen molar-refractivity contribution in [1.29, 1.82) is 0 Å². The molecular formula is C97H77NSi. The summed E-state index contributed by atoms with van der Waals surface area (Å²) in [4.78, 5) is 3.84. The molecule has 0 fully saturated rings. The average Bonchev–Trinajstić information content (AvgIpc) is 1.56. The number of rotatable bonds is 14. The molecule has 1 nitrogen and oxygen atoms in total. The molecule has 0 unspecified atom stereocenters. The minimum atomic E-state index is -2.01. The van der Waals surface area contributed by atoms with Gasteiger partial charge in [0.15, 0.2) is 0 Å². The van der Waals surface area contributed by atoms with Gasteiger partial charge in [-0.3, -0.25) is 0 Å². The Labute approximate surface area is 586 Å². The SMILES string of the molecule is C(=C(c1ccccc1)c1ccccc1)c1ccccc1.C[Si]1(C)C(c2ccccc2)=C(c2ccccc2)C(c2ccccc2)=C1c1ccccc1.[C-]#[N+]C(=C(c1ccccc1)c1ccccc1)c1ccccc1.c1ccc(C(=C(c2ccccc2)c2ccccc2)c2ccccc2)cc1. The molecule has 1 heterocycles. The number of hydrogen-bond acceptors (Lipinski definition) is 0. The van der Waals surface area contributed by atoms with Crippen molar-refractivity contribution < 1.29 is 0 Å². The molecule has 0 aromatic heterocycles. The molecule has 0 bridgehead atoms. The van der Waals surface area contributed by atoms with Crippen LogP contribution in [0.3, 0.4) is 0 Å². The highest BCUT2D eigenvalue weighted by Crippen LogP contribution is 2.55. The van der Waals surface area contributed by atoms with Crippen molar-refractivity contribution in [2.75, 3.05) is 0 Å². The van der Waals surface area contributed by atoms with Crippen LogP contribution in [0.4, 0.5) is 0 Å². The smallest absolute Gasteiger partial charge is 0.202 e. The standard InChI is InChI=1S/C30H26Si.C26H20.C21H15N.C20H16/c1-31(2)29(25-19-11-5-12-20-25)27(23-15-7-3-8-16-23)28(24-17-9-4-10-18-24)30(31)26-21-13-6-14-22-26;1-5-13-21(14-6-1)25(22-15-7-2-8-16-22)26(23-17-9-3-10-18-23)24-19-11-4-12-20-24;1-22-21(19-15-9-4-10-16-19)20(17-11-5-2-6-12-17)18-13-7-3-8-14-18;1-4-10-17(11-5-1)16-20(18-12-6-2-7-13-18)19-14-8-3-9-15-19/h3-22H,1-2H3;1-20H;2-16H;1-16H. The summed E-state index contributed by atoms with van der Waals surface area (Å²) < 4.78 is 0. The van der Waals surface area contributed by atoms with E-state index in [2.05, 4.69) is 376 Å². The number of benzene rings is 14. The third kappa shape index (κ3) is 16.6. The van der Waals surface area contributed by atoms with Crippen LogP contribution in [-0.4, -0.2) is 8.07 Å². The van der Waals surface area contributed by atoms with Crippen LogP contribution in [0, 0.1) is 6.57 Å². The lowest BCUT2D eigenvalue weighted by Gasteiger charge is -2.26. The average molecular weight is 1280 g/mol. The molecule has 2 heteroatoms. The number of allylic oxidation sites excluding steroid dienone is 2. The molecule has 0 saturated heterocycles. The van der Waals surface area contributed by atoms with Gasteiger partial charge in [0.25, 0.3) is 0 Å². The number of nitrogens with zero attached hydrogens (tertiary/aromatic N) is 1. The molecule has 0 spiro atoms. The second kappa shape index (κ2) is 33.7. The zero-order valence-corrected chi connectivity index (χ0v) is 56.9. The maximum absolute atomic E-state index is 7.69. The maximum Gasteiger partial charge on any atom is 0.202 e. The van der Waals surface area contributed by atoms with Gasteiger partial charge in [0, 0.05) is 0 Å². The van der Waals surface area contributed by atoms with E-state index in [0.717, 1.165) is 22.3 Å². The largest absolute Gasteiger partial charge is 0.237 e. The maximum atomic E-state index is 7.69. The van der Waals surface area contributed by atoms with Crippen molar-refractivity contribution in [3.05, 3.63) is 514 Å². The van der Waals surface area contributed by atoms with E-state index in [1.54, 1.807) is 0 Å². The third-order valence-electron chi connectivity index (χ3n) is 17.6. The molecule has 0 saturated carbocycles. The fourth-order valence-electron chi connectivity index (χ4n) is 13.1. The zero-order valence-electron chi connectivity index (χ0n) is 55.9. The van der Waals surface area contributed by atoms with Gasteiger partial charge >= 0.3 is 0 Å². The molecule has 0 amide bonds. The van der Waals surface area contributed by atoms with E-state index in [-0.39, 0.29) is 0 Å². The van der Waals surface area contributed by atoms with Crippen LogP contribution < -0.4 is 0 Å². The van der Waals surface area contributed by atoms with Gasteiger partial charge in [0.2, 0.25) is 5.70 Å². The molecule has 99 heavy (non-hydrogen) atoms. The van der Waals surface area contributed by atoms with Crippen LogP contribution in [0.25, 0.3) is 60.4 Å². The first-order valence-corrected chi connectivity index (χ1v) is 36.8. The van der Waals surface area contributed by atoms with Gasteiger partial charge in [-0.05, 0) is 128 Å². The quantitative estimate of drug-likeness (QED) is 0.0581. The minimum absolute atomic E-state index is 0.679. The van der Waals surface area contributed by atoms with E-state index < -0.39 is 8.07 Å². The summed E-state index contributed by atoms with van der Waals surface area (Å²) >= 11 is 0. The second-order valence-corrected chi connectivity index (χ2v) is 28.7. The lowest BCUT2D eigenvalue weighted by molar-refractivity contribution is 1.50. The van der Waals surface area contributed by atoms with Gasteiger partial charge in [-0.25, -0.2) is 4.85 Å². The fraction of sp³-hybridized carbons (Fsp3) is 0.0206. The first kappa shape index (κ1) is 66.5. The Hall–Kier alpha value is -12.5. The molecule has 1 aliphatic rings. The highest BCUT2D eigenvalue weighted by molar-refractivity contribution is 7.13. The zero-order chi connectivity index (χ0) is 67.7. The monoisotopic (exact) mass is 1280 g/mol. The van der Waals surface area contributed by atoms with Crippen LogP contribution in [-0.2, 0) is 0 Å². The lowest BCUT2D eigenvalue weighted by Crippen LogP contribution is -2.28. The van der Waals surface area contributed by atoms with Crippen molar-refractivity contribution in [3.63, 3.8) is 0 Å². The number of hydrogen-bond donors (Lipinski definition) is 0. The fourth-order valence-corrected chi connectivity index (χ4v) is 16.9. The van der Waals surface area contributed by atoms with E-state index >= 15 is 0 Å². The minimum Gasteiger partial charge on any atom is -0.237 e. The highest BCUT2D eigenvalue weighted by atomic mass is 28.3. The summed E-state index contributed by atoms with van der Waals surface area (Å²) in [5.74, 6) is 0. The molecule has 0 aliphatic carbocycles. The predicted molar refractivity (Wildman–Crippen MR) is 426 cm³/mol. The first-order valence-electron chi connectivity index (χ1n) is 33.8. The Bertz CT molecular complexity index is 4670. The Morgan fingerprint density at radius 1 is 0.232 bits per heavy atom. The molecule has 14 aromatic rings. The van der Waals surface area contributed by atoms with Crippen molar-refractivity contribution in [3.8, 4) is 0 Å². The van der Waals surface area contributed by atoms with E-state index in [1.165, 1.54) is 99.5 Å². The molecule has 0 N–H and O–H groups in total. The lowest BCUT2D eigenvalue weighted by atomic mass is 9.86. The summed E-state index contributed by atoms with van der Waals surface area (Å²) in [6.45, 7) is 12.7. The van der Waals surface area contributed by atoms with Crippen LogP contribution in [0.1, 0.15) is 77.9 Å².